The lowest BCUT2D eigenvalue weighted by atomic mass is 10.4. The number of nitrogens with two attached hydrogens (primary N) is 1. The molecule has 0 saturated carbocycles. The molecule has 1 heterocycles. The van der Waals surface area contributed by atoms with Crippen LogP contribution in [0.25, 0.3) is 0 Å². The number of ether oxygens (including phenoxy) is 1. The maximum absolute atomic E-state index is 5.64. The van der Waals surface area contributed by atoms with E-state index in [9.17, 15) is 0 Å². The van der Waals surface area contributed by atoms with Crippen molar-refractivity contribution in [1.29, 1.82) is 0 Å². The molecule has 6 nitrogen and oxygen atoms in total. The third-order valence-electron chi connectivity index (χ3n) is 2.27. The van der Waals surface area contributed by atoms with Crippen molar-refractivity contribution in [3.63, 3.8) is 0 Å². The lowest BCUT2D eigenvalue weighted by Gasteiger charge is -2.12. The lowest BCUT2D eigenvalue weighted by molar-refractivity contribution is 0.128. The predicted octanol–water partition coefficient (Wildman–Crippen LogP) is 1.33. The van der Waals surface area contributed by atoms with Crippen LogP contribution in [0.3, 0.4) is 0 Å². The van der Waals surface area contributed by atoms with Crippen molar-refractivity contribution in [3.8, 4) is 0 Å². The van der Waals surface area contributed by atoms with Gasteiger partial charge >= 0.3 is 0 Å². The number of hydrogen-bond acceptors (Lipinski definition) is 6. The summed E-state index contributed by atoms with van der Waals surface area (Å²) in [5.41, 5.74) is 5.64. The molecule has 1 atom stereocenters. The summed E-state index contributed by atoms with van der Waals surface area (Å²) in [7, 11) is 1.68. The monoisotopic (exact) mass is 239 g/mol. The van der Waals surface area contributed by atoms with E-state index in [-0.39, 0.29) is 12.1 Å². The maximum atomic E-state index is 5.64. The highest BCUT2D eigenvalue weighted by atomic mass is 16.5. The minimum atomic E-state index is 0.123. The normalized spacial score (nSPS) is 12.2. The molecule has 0 radical (unpaired) electrons. The molecular weight excluding hydrogens is 218 g/mol. The summed E-state index contributed by atoms with van der Waals surface area (Å²) in [6.45, 7) is 5.62. The Kier molecular flexibility index (Phi) is 5.48. The van der Waals surface area contributed by atoms with Gasteiger partial charge in [0.2, 0.25) is 5.95 Å². The number of nitrogens with one attached hydrogen (secondary N) is 2. The molecule has 6 heteroatoms. The summed E-state index contributed by atoms with van der Waals surface area (Å²) in [4.78, 5) is 8.21. The molecule has 0 bridgehead atoms. The van der Waals surface area contributed by atoms with Crippen LogP contribution in [-0.2, 0) is 4.74 Å². The van der Waals surface area contributed by atoms with E-state index in [1.54, 1.807) is 7.11 Å². The van der Waals surface area contributed by atoms with Gasteiger partial charge < -0.3 is 21.1 Å². The highest BCUT2D eigenvalue weighted by Gasteiger charge is 2.03. The van der Waals surface area contributed by atoms with Crippen LogP contribution in [0.2, 0.25) is 0 Å². The van der Waals surface area contributed by atoms with Gasteiger partial charge in [-0.3, -0.25) is 0 Å². The van der Waals surface area contributed by atoms with Gasteiger partial charge in [0.15, 0.2) is 0 Å². The molecule has 0 aromatic carbocycles. The Morgan fingerprint density at radius 2 is 2.00 bits per heavy atom. The first kappa shape index (κ1) is 13.5. The Morgan fingerprint density at radius 1 is 1.35 bits per heavy atom. The van der Waals surface area contributed by atoms with E-state index < -0.39 is 0 Å². The summed E-state index contributed by atoms with van der Waals surface area (Å²) in [5.74, 6) is 1.71. The number of hydrogen-bond donors (Lipinski definition) is 3. The van der Waals surface area contributed by atoms with Crippen molar-refractivity contribution in [2.75, 3.05) is 36.6 Å². The van der Waals surface area contributed by atoms with Crippen LogP contribution in [-0.4, -0.2) is 36.3 Å². The molecule has 1 rings (SSSR count). The van der Waals surface area contributed by atoms with Crippen molar-refractivity contribution in [2.45, 2.75) is 26.4 Å². The molecule has 0 aliphatic rings. The van der Waals surface area contributed by atoms with Gasteiger partial charge in [0.1, 0.15) is 11.6 Å². The fraction of sp³-hybridized carbons (Fsp3) is 0.636. The van der Waals surface area contributed by atoms with Gasteiger partial charge in [-0.05, 0) is 13.3 Å². The van der Waals surface area contributed by atoms with Crippen LogP contribution in [0.5, 0.6) is 0 Å². The highest BCUT2D eigenvalue weighted by Crippen LogP contribution is 2.12. The number of nitrogens with zero attached hydrogens (tertiary/aromatic N) is 2. The first-order valence-electron chi connectivity index (χ1n) is 5.80. The first-order chi connectivity index (χ1) is 8.15. The van der Waals surface area contributed by atoms with Crippen molar-refractivity contribution >= 4 is 17.6 Å². The van der Waals surface area contributed by atoms with E-state index in [4.69, 9.17) is 10.5 Å². The fourth-order valence-electron chi connectivity index (χ4n) is 1.23. The number of nitrogen functional groups attached to an aromatic ring is 1. The van der Waals surface area contributed by atoms with Crippen LogP contribution < -0.4 is 16.4 Å². The molecular formula is C11H21N5O. The summed E-state index contributed by atoms with van der Waals surface area (Å²) in [6.07, 6.45) is 1.16. The van der Waals surface area contributed by atoms with Crippen molar-refractivity contribution in [3.05, 3.63) is 6.07 Å². The average Bonchev–Trinajstić information content (AvgIpc) is 2.32. The second kappa shape index (κ2) is 6.90. The molecule has 1 unspecified atom stereocenters. The standard InChI is InChI=1S/C11H21N5O/c1-4-5-13-9-6-10(16-11(12)15-9)14-7-8(2)17-3/h6,8H,4-5,7H2,1-3H3,(H4,12,13,14,15,16). The summed E-state index contributed by atoms with van der Waals surface area (Å²) < 4.78 is 5.14. The van der Waals surface area contributed by atoms with Crippen molar-refractivity contribution in [2.24, 2.45) is 0 Å². The Morgan fingerprint density at radius 3 is 2.59 bits per heavy atom. The minimum absolute atomic E-state index is 0.123. The van der Waals surface area contributed by atoms with Crippen molar-refractivity contribution in [1.82, 2.24) is 9.97 Å². The second-order valence-corrected chi connectivity index (χ2v) is 3.85. The molecule has 17 heavy (non-hydrogen) atoms. The largest absolute Gasteiger partial charge is 0.380 e. The Balaban J connectivity index is 2.61. The zero-order valence-electron chi connectivity index (χ0n) is 10.7. The molecule has 0 aliphatic carbocycles. The molecule has 0 aliphatic heterocycles. The SMILES string of the molecule is CCCNc1cc(NCC(C)OC)nc(N)n1. The number of aromatic nitrogens is 2. The highest BCUT2D eigenvalue weighted by molar-refractivity contribution is 5.50. The Hall–Kier alpha value is -1.56. The van der Waals surface area contributed by atoms with E-state index in [0.29, 0.717) is 12.4 Å². The zero-order chi connectivity index (χ0) is 12.7. The van der Waals surface area contributed by atoms with Gasteiger partial charge in [-0.15, -0.1) is 0 Å². The third kappa shape index (κ3) is 4.86. The van der Waals surface area contributed by atoms with Crippen LogP contribution in [0, 0.1) is 0 Å². The number of rotatable bonds is 7. The van der Waals surface area contributed by atoms with E-state index in [2.05, 4.69) is 27.5 Å². The van der Waals surface area contributed by atoms with Crippen molar-refractivity contribution < 1.29 is 4.74 Å². The fourth-order valence-corrected chi connectivity index (χ4v) is 1.23. The van der Waals surface area contributed by atoms with Gasteiger partial charge in [-0.25, -0.2) is 0 Å². The summed E-state index contributed by atoms with van der Waals surface area (Å²) in [5, 5.41) is 6.33. The minimum Gasteiger partial charge on any atom is -0.380 e. The molecule has 0 spiro atoms. The topological polar surface area (TPSA) is 85.1 Å². The van der Waals surface area contributed by atoms with E-state index in [0.717, 1.165) is 18.8 Å². The molecule has 0 amide bonds. The van der Waals surface area contributed by atoms with Gasteiger partial charge in [0.05, 0.1) is 6.10 Å². The molecule has 96 valence electrons. The van der Waals surface area contributed by atoms with Gasteiger partial charge in [0.25, 0.3) is 0 Å². The van der Waals surface area contributed by atoms with Crippen LogP contribution >= 0.6 is 0 Å². The first-order valence-corrected chi connectivity index (χ1v) is 5.80. The maximum Gasteiger partial charge on any atom is 0.223 e. The molecule has 4 N–H and O–H groups in total. The number of anilines is 3. The zero-order valence-corrected chi connectivity index (χ0v) is 10.7. The predicted molar refractivity (Wildman–Crippen MR) is 70.2 cm³/mol. The summed E-state index contributed by atoms with van der Waals surface area (Å²) in [6, 6.07) is 1.84. The smallest absolute Gasteiger partial charge is 0.223 e. The molecule has 0 fully saturated rings. The number of methoxy groups -OCH3 is 1. The van der Waals surface area contributed by atoms with E-state index >= 15 is 0 Å². The van der Waals surface area contributed by atoms with E-state index in [1.165, 1.54) is 0 Å². The van der Waals surface area contributed by atoms with Gasteiger partial charge in [-0.1, -0.05) is 6.92 Å². The van der Waals surface area contributed by atoms with Crippen LogP contribution in [0.1, 0.15) is 20.3 Å². The third-order valence-corrected chi connectivity index (χ3v) is 2.27. The molecule has 0 saturated heterocycles. The Labute approximate surface area is 102 Å². The second-order valence-electron chi connectivity index (χ2n) is 3.85. The molecule has 1 aromatic rings. The summed E-state index contributed by atoms with van der Waals surface area (Å²) >= 11 is 0. The quantitative estimate of drug-likeness (QED) is 0.665. The lowest BCUT2D eigenvalue weighted by Crippen LogP contribution is -2.19. The van der Waals surface area contributed by atoms with Crippen LogP contribution in [0.4, 0.5) is 17.6 Å². The molecule has 1 aromatic heterocycles. The van der Waals surface area contributed by atoms with Gasteiger partial charge in [-0.2, -0.15) is 9.97 Å². The van der Waals surface area contributed by atoms with Gasteiger partial charge in [0, 0.05) is 26.3 Å². The van der Waals surface area contributed by atoms with Crippen LogP contribution in [0.15, 0.2) is 6.07 Å². The van der Waals surface area contributed by atoms with E-state index in [1.807, 2.05) is 13.0 Å². The Bertz CT molecular complexity index is 345. The average molecular weight is 239 g/mol.